The average molecular weight is 315 g/mol. The summed E-state index contributed by atoms with van der Waals surface area (Å²) in [4.78, 5) is 2.00. The molecular formula is C17H24F3NO. The molecule has 0 aromatic heterocycles. The molecule has 0 amide bonds. The molecule has 0 aliphatic heterocycles. The first-order valence-corrected chi connectivity index (χ1v) is 7.74. The molecule has 3 atom stereocenters. The third-order valence-corrected chi connectivity index (χ3v) is 5.18. The smallest absolute Gasteiger partial charge is 0.392 e. The third kappa shape index (κ3) is 3.04. The molecule has 0 radical (unpaired) electrons. The van der Waals surface area contributed by atoms with Gasteiger partial charge in [-0.25, -0.2) is 0 Å². The lowest BCUT2D eigenvalue weighted by molar-refractivity contribution is -0.0940. The number of alkyl halides is 3. The zero-order valence-electron chi connectivity index (χ0n) is 13.4. The average Bonchev–Trinajstić information content (AvgIpc) is 2.40. The summed E-state index contributed by atoms with van der Waals surface area (Å²) in [6, 6.07) is 0. The standard InChI is InChI=1S/C17H24F3NO/c1-15(10-7-13(8-11-15)17(18,19)20)16(12-21(2)3)9-5-4-6-14(16)22/h7,14,22H,4-6,9-10,12H2,1-3H3/t14-,15?,16+/m1/s1. The van der Waals surface area contributed by atoms with Crippen molar-refractivity contribution >= 4 is 0 Å². The maximum absolute atomic E-state index is 12.8. The van der Waals surface area contributed by atoms with E-state index < -0.39 is 28.7 Å². The molecule has 5 heteroatoms. The van der Waals surface area contributed by atoms with Crippen LogP contribution in [0.25, 0.3) is 0 Å². The SMILES string of the molecule is CN(C)C[C@@]1(C2(C)C#CC(C(F)(F)F)=CC2)CCCC[C@H]1O. The minimum absolute atomic E-state index is 0.236. The zero-order valence-corrected chi connectivity index (χ0v) is 13.4. The molecule has 22 heavy (non-hydrogen) atoms. The van der Waals surface area contributed by atoms with Crippen LogP contribution in [-0.2, 0) is 0 Å². The van der Waals surface area contributed by atoms with Gasteiger partial charge in [0, 0.05) is 17.4 Å². The van der Waals surface area contributed by atoms with Crippen LogP contribution < -0.4 is 0 Å². The second kappa shape index (κ2) is 5.90. The normalized spacial score (nSPS) is 35.8. The van der Waals surface area contributed by atoms with Gasteiger partial charge in [-0.1, -0.05) is 30.8 Å². The van der Waals surface area contributed by atoms with E-state index in [1.165, 1.54) is 6.08 Å². The van der Waals surface area contributed by atoms with E-state index in [1.54, 1.807) is 0 Å². The Balaban J connectivity index is 2.37. The summed E-state index contributed by atoms with van der Waals surface area (Å²) >= 11 is 0. The molecule has 1 N–H and O–H groups in total. The molecule has 2 aliphatic rings. The molecule has 1 unspecified atom stereocenters. The molecule has 0 spiro atoms. The molecule has 0 bridgehead atoms. The van der Waals surface area contributed by atoms with Crippen LogP contribution in [0.5, 0.6) is 0 Å². The minimum Gasteiger partial charge on any atom is -0.392 e. The van der Waals surface area contributed by atoms with Crippen LogP contribution in [0.1, 0.15) is 39.0 Å². The largest absolute Gasteiger partial charge is 0.423 e. The Hall–Kier alpha value is -0.990. The van der Waals surface area contributed by atoms with E-state index in [4.69, 9.17) is 0 Å². The minimum atomic E-state index is -4.38. The highest BCUT2D eigenvalue weighted by Crippen LogP contribution is 2.53. The number of halogens is 3. The van der Waals surface area contributed by atoms with Gasteiger partial charge in [0.25, 0.3) is 0 Å². The Morgan fingerprint density at radius 2 is 2.05 bits per heavy atom. The van der Waals surface area contributed by atoms with Gasteiger partial charge in [-0.15, -0.1) is 0 Å². The Bertz CT molecular complexity index is 514. The maximum atomic E-state index is 12.8. The van der Waals surface area contributed by atoms with Crippen molar-refractivity contribution < 1.29 is 18.3 Å². The molecule has 0 aromatic rings. The van der Waals surface area contributed by atoms with E-state index >= 15 is 0 Å². The van der Waals surface area contributed by atoms with E-state index in [9.17, 15) is 18.3 Å². The number of aliphatic hydroxyl groups is 1. The molecule has 0 aromatic carbocycles. The van der Waals surface area contributed by atoms with Crippen molar-refractivity contribution in [3.63, 3.8) is 0 Å². The second-order valence-corrected chi connectivity index (χ2v) is 7.06. The lowest BCUT2D eigenvalue weighted by Gasteiger charge is -2.53. The molecule has 1 fully saturated rings. The van der Waals surface area contributed by atoms with E-state index in [0.29, 0.717) is 13.0 Å². The summed E-state index contributed by atoms with van der Waals surface area (Å²) in [5.41, 5.74) is -1.86. The van der Waals surface area contributed by atoms with Gasteiger partial charge in [-0.3, -0.25) is 0 Å². The number of allylic oxidation sites excluding steroid dienone is 2. The quantitative estimate of drug-likeness (QED) is 0.807. The first-order valence-electron chi connectivity index (χ1n) is 7.74. The summed E-state index contributed by atoms with van der Waals surface area (Å²) in [6.07, 6.45) is -0.0259. The molecular weight excluding hydrogens is 291 g/mol. The van der Waals surface area contributed by atoms with Crippen LogP contribution in [0.2, 0.25) is 0 Å². The fraction of sp³-hybridized carbons (Fsp3) is 0.765. The maximum Gasteiger partial charge on any atom is 0.423 e. The van der Waals surface area contributed by atoms with Gasteiger partial charge >= 0.3 is 6.18 Å². The van der Waals surface area contributed by atoms with Crippen LogP contribution in [0, 0.1) is 22.7 Å². The predicted octanol–water partition coefficient (Wildman–Crippen LogP) is 3.37. The van der Waals surface area contributed by atoms with Gasteiger partial charge < -0.3 is 10.0 Å². The molecule has 2 rings (SSSR count). The predicted molar refractivity (Wildman–Crippen MR) is 80.1 cm³/mol. The van der Waals surface area contributed by atoms with Gasteiger partial charge in [0.2, 0.25) is 0 Å². The van der Waals surface area contributed by atoms with Gasteiger partial charge in [0.1, 0.15) is 5.57 Å². The summed E-state index contributed by atoms with van der Waals surface area (Å²) in [5, 5.41) is 10.7. The Labute approximate surface area is 130 Å². The Morgan fingerprint density at radius 1 is 1.36 bits per heavy atom. The van der Waals surface area contributed by atoms with Crippen molar-refractivity contribution in [1.82, 2.24) is 4.90 Å². The van der Waals surface area contributed by atoms with E-state index in [0.717, 1.165) is 19.3 Å². The number of rotatable bonds is 3. The molecule has 2 nitrogen and oxygen atoms in total. The lowest BCUT2D eigenvalue weighted by Crippen LogP contribution is -2.55. The number of hydrogen-bond donors (Lipinski definition) is 1. The number of nitrogens with zero attached hydrogens (tertiary/aromatic N) is 1. The topological polar surface area (TPSA) is 23.5 Å². The van der Waals surface area contributed by atoms with Crippen molar-refractivity contribution in [2.24, 2.45) is 10.8 Å². The highest BCUT2D eigenvalue weighted by molar-refractivity contribution is 5.40. The fourth-order valence-electron chi connectivity index (χ4n) is 3.92. The van der Waals surface area contributed by atoms with Crippen LogP contribution >= 0.6 is 0 Å². The van der Waals surface area contributed by atoms with E-state index in [-0.39, 0.29) is 6.42 Å². The highest BCUT2D eigenvalue weighted by atomic mass is 19.4. The van der Waals surface area contributed by atoms with Crippen LogP contribution in [0.3, 0.4) is 0 Å². The van der Waals surface area contributed by atoms with Crippen molar-refractivity contribution in [3.8, 4) is 11.8 Å². The van der Waals surface area contributed by atoms with Gasteiger partial charge in [0.05, 0.1) is 6.10 Å². The number of hydrogen-bond acceptors (Lipinski definition) is 2. The zero-order chi connectivity index (χ0) is 16.6. The fourth-order valence-corrected chi connectivity index (χ4v) is 3.92. The molecule has 2 aliphatic carbocycles. The van der Waals surface area contributed by atoms with Gasteiger partial charge in [0.15, 0.2) is 0 Å². The molecule has 1 saturated carbocycles. The second-order valence-electron chi connectivity index (χ2n) is 7.06. The highest BCUT2D eigenvalue weighted by Gasteiger charge is 2.53. The summed E-state index contributed by atoms with van der Waals surface area (Å²) in [5.74, 6) is 5.20. The van der Waals surface area contributed by atoms with Crippen LogP contribution in [-0.4, -0.2) is 42.9 Å². The van der Waals surface area contributed by atoms with Gasteiger partial charge in [-0.2, -0.15) is 13.2 Å². The first kappa shape index (κ1) is 17.4. The Morgan fingerprint density at radius 3 is 2.50 bits per heavy atom. The van der Waals surface area contributed by atoms with E-state index in [2.05, 4.69) is 11.8 Å². The van der Waals surface area contributed by atoms with Crippen molar-refractivity contribution in [3.05, 3.63) is 11.6 Å². The summed E-state index contributed by atoms with van der Waals surface area (Å²) < 4.78 is 38.4. The Kier molecular flexibility index (Phi) is 4.66. The summed E-state index contributed by atoms with van der Waals surface area (Å²) in [6.45, 7) is 2.54. The number of aliphatic hydroxyl groups excluding tert-OH is 1. The van der Waals surface area contributed by atoms with Crippen LogP contribution in [0.15, 0.2) is 11.6 Å². The van der Waals surface area contributed by atoms with Crippen molar-refractivity contribution in [1.29, 1.82) is 0 Å². The van der Waals surface area contributed by atoms with E-state index in [1.807, 2.05) is 25.9 Å². The lowest BCUT2D eigenvalue weighted by atomic mass is 9.54. The molecule has 124 valence electrons. The third-order valence-electron chi connectivity index (χ3n) is 5.18. The molecule has 0 heterocycles. The molecule has 0 saturated heterocycles. The van der Waals surface area contributed by atoms with Crippen molar-refractivity contribution in [2.75, 3.05) is 20.6 Å². The summed E-state index contributed by atoms with van der Waals surface area (Å²) in [7, 11) is 3.86. The monoisotopic (exact) mass is 315 g/mol. The first-order chi connectivity index (χ1) is 10.1. The van der Waals surface area contributed by atoms with Crippen molar-refractivity contribution in [2.45, 2.75) is 51.3 Å². The van der Waals surface area contributed by atoms with Crippen LogP contribution in [0.4, 0.5) is 13.2 Å². The van der Waals surface area contributed by atoms with Gasteiger partial charge in [-0.05, 0) is 40.3 Å².